The molecule has 0 saturated heterocycles. The summed E-state index contributed by atoms with van der Waals surface area (Å²) >= 11 is 5.65. The molecule has 0 radical (unpaired) electrons. The number of hydrogen-bond acceptors (Lipinski definition) is 5. The average molecular weight is 279 g/mol. The van der Waals surface area contributed by atoms with Crippen molar-refractivity contribution in [2.75, 3.05) is 5.88 Å². The Hall–Kier alpha value is -2.08. The molecule has 0 N–H and O–H groups in total. The smallest absolute Gasteiger partial charge is 0.202 e. The zero-order valence-corrected chi connectivity index (χ0v) is 10.7. The van der Waals surface area contributed by atoms with Crippen molar-refractivity contribution in [3.05, 3.63) is 42.0 Å². The van der Waals surface area contributed by atoms with Gasteiger partial charge in [0.15, 0.2) is 5.76 Å². The van der Waals surface area contributed by atoms with Crippen molar-refractivity contribution in [3.63, 3.8) is 0 Å². The summed E-state index contributed by atoms with van der Waals surface area (Å²) in [6, 6.07) is 5.44. The summed E-state index contributed by atoms with van der Waals surface area (Å²) in [5, 5.41) is 12.0. The van der Waals surface area contributed by atoms with Gasteiger partial charge < -0.3 is 8.94 Å². The van der Waals surface area contributed by atoms with E-state index in [0.717, 1.165) is 11.4 Å². The van der Waals surface area contributed by atoms with E-state index in [-0.39, 0.29) is 0 Å². The van der Waals surface area contributed by atoms with Crippen molar-refractivity contribution in [3.8, 4) is 11.5 Å². The number of hydrogen-bond donors (Lipinski definition) is 0. The van der Waals surface area contributed by atoms with Crippen molar-refractivity contribution in [2.24, 2.45) is 0 Å². The molecule has 0 aromatic carbocycles. The fourth-order valence-corrected chi connectivity index (χ4v) is 1.91. The molecule has 3 rings (SSSR count). The van der Waals surface area contributed by atoms with Crippen LogP contribution in [0.4, 0.5) is 0 Å². The van der Waals surface area contributed by atoms with Crippen LogP contribution >= 0.6 is 11.6 Å². The van der Waals surface area contributed by atoms with Gasteiger partial charge in [0.2, 0.25) is 5.76 Å². The third-order valence-corrected chi connectivity index (χ3v) is 2.77. The molecule has 3 aromatic rings. The maximum atomic E-state index is 5.65. The molecule has 0 bridgehead atoms. The largest absolute Gasteiger partial charge is 0.461 e. The van der Waals surface area contributed by atoms with Gasteiger partial charge in [-0.2, -0.15) is 0 Å². The van der Waals surface area contributed by atoms with Crippen LogP contribution in [0.25, 0.3) is 11.5 Å². The molecule has 0 unspecified atom stereocenters. The normalized spacial score (nSPS) is 11.0. The molecule has 6 nitrogen and oxygen atoms in total. The number of aromatic nitrogens is 4. The van der Waals surface area contributed by atoms with Crippen LogP contribution in [-0.4, -0.2) is 26.0 Å². The van der Waals surface area contributed by atoms with E-state index in [1.807, 2.05) is 18.3 Å². The third-order valence-electron chi connectivity index (χ3n) is 2.58. The molecule has 0 aliphatic rings. The second-order valence-corrected chi connectivity index (χ2v) is 4.38. The van der Waals surface area contributed by atoms with E-state index in [0.29, 0.717) is 30.4 Å². The minimum atomic E-state index is 0.499. The standard InChI is InChI=1S/C12H11ClN4O2/c13-4-3-9-7-17(16-14-9)8-10-6-12(19-15-10)11-2-1-5-18-11/h1-2,5-7H,3-4,8H2. The van der Waals surface area contributed by atoms with Crippen molar-refractivity contribution in [2.45, 2.75) is 13.0 Å². The van der Waals surface area contributed by atoms with Gasteiger partial charge in [-0.3, -0.25) is 0 Å². The predicted molar refractivity (Wildman–Crippen MR) is 67.8 cm³/mol. The molecule has 0 saturated carbocycles. The second kappa shape index (κ2) is 5.27. The van der Waals surface area contributed by atoms with Crippen LogP contribution in [0, 0.1) is 0 Å². The number of halogens is 1. The Morgan fingerprint density at radius 3 is 3.00 bits per heavy atom. The maximum Gasteiger partial charge on any atom is 0.202 e. The van der Waals surface area contributed by atoms with Gasteiger partial charge in [-0.05, 0) is 12.1 Å². The van der Waals surface area contributed by atoms with E-state index in [9.17, 15) is 0 Å². The van der Waals surface area contributed by atoms with Crippen LogP contribution in [0.1, 0.15) is 11.4 Å². The Bertz CT molecular complexity index is 644. The van der Waals surface area contributed by atoms with Crippen molar-refractivity contribution >= 4 is 11.6 Å². The summed E-state index contributed by atoms with van der Waals surface area (Å²) in [5.41, 5.74) is 1.62. The molecule has 0 fully saturated rings. The summed E-state index contributed by atoms with van der Waals surface area (Å²) in [7, 11) is 0. The van der Waals surface area contributed by atoms with E-state index in [1.165, 1.54) is 0 Å². The Labute approximate surface area is 113 Å². The lowest BCUT2D eigenvalue weighted by atomic mass is 10.3. The Morgan fingerprint density at radius 1 is 1.26 bits per heavy atom. The summed E-state index contributed by atoms with van der Waals surface area (Å²) in [6.45, 7) is 0.499. The van der Waals surface area contributed by atoms with Gasteiger partial charge in [0, 0.05) is 24.6 Å². The van der Waals surface area contributed by atoms with Crippen molar-refractivity contribution in [1.29, 1.82) is 0 Å². The highest BCUT2D eigenvalue weighted by molar-refractivity contribution is 6.17. The van der Waals surface area contributed by atoms with E-state index >= 15 is 0 Å². The zero-order chi connectivity index (χ0) is 13.1. The highest BCUT2D eigenvalue weighted by Crippen LogP contribution is 2.20. The third kappa shape index (κ3) is 2.68. The predicted octanol–water partition coefficient (Wildman–Crippen LogP) is 2.36. The van der Waals surface area contributed by atoms with Crippen LogP contribution < -0.4 is 0 Å². The zero-order valence-electron chi connectivity index (χ0n) is 9.99. The van der Waals surface area contributed by atoms with Gasteiger partial charge in [-0.1, -0.05) is 10.4 Å². The molecule has 0 aliphatic carbocycles. The number of nitrogens with zero attached hydrogens (tertiary/aromatic N) is 4. The summed E-state index contributed by atoms with van der Waals surface area (Å²) in [5.74, 6) is 1.78. The van der Waals surface area contributed by atoms with Gasteiger partial charge in [0.1, 0.15) is 5.69 Å². The molecular weight excluding hydrogens is 268 g/mol. The molecule has 3 aromatic heterocycles. The molecule has 7 heteroatoms. The van der Waals surface area contributed by atoms with Gasteiger partial charge in [-0.15, -0.1) is 16.7 Å². The van der Waals surface area contributed by atoms with Crippen LogP contribution in [0.15, 0.2) is 39.6 Å². The van der Waals surface area contributed by atoms with E-state index in [1.54, 1.807) is 17.0 Å². The molecule has 19 heavy (non-hydrogen) atoms. The fourth-order valence-electron chi connectivity index (χ4n) is 1.71. The molecule has 98 valence electrons. The topological polar surface area (TPSA) is 69.9 Å². The monoisotopic (exact) mass is 278 g/mol. The second-order valence-electron chi connectivity index (χ2n) is 4.01. The van der Waals surface area contributed by atoms with Crippen LogP contribution in [-0.2, 0) is 13.0 Å². The Balaban J connectivity index is 1.72. The first-order valence-corrected chi connectivity index (χ1v) is 6.33. The van der Waals surface area contributed by atoms with Crippen LogP contribution in [0.5, 0.6) is 0 Å². The fraction of sp³-hybridized carbons (Fsp3) is 0.250. The van der Waals surface area contributed by atoms with E-state index in [2.05, 4.69) is 15.5 Å². The van der Waals surface area contributed by atoms with Gasteiger partial charge in [0.25, 0.3) is 0 Å². The molecule has 0 amide bonds. The highest BCUT2D eigenvalue weighted by atomic mass is 35.5. The molecule has 0 spiro atoms. The average Bonchev–Trinajstić information content (AvgIpc) is 3.10. The summed E-state index contributed by atoms with van der Waals surface area (Å²) in [4.78, 5) is 0. The maximum absolute atomic E-state index is 5.65. The molecular formula is C12H11ClN4O2. The van der Waals surface area contributed by atoms with E-state index < -0.39 is 0 Å². The molecule has 0 aliphatic heterocycles. The van der Waals surface area contributed by atoms with Crippen LogP contribution in [0.3, 0.4) is 0 Å². The number of alkyl halides is 1. The molecule has 0 atom stereocenters. The minimum absolute atomic E-state index is 0.499. The summed E-state index contributed by atoms with van der Waals surface area (Å²) < 4.78 is 12.1. The highest BCUT2D eigenvalue weighted by Gasteiger charge is 2.10. The minimum Gasteiger partial charge on any atom is -0.461 e. The first-order chi connectivity index (χ1) is 9.35. The quantitative estimate of drug-likeness (QED) is 0.670. The van der Waals surface area contributed by atoms with Crippen molar-refractivity contribution in [1.82, 2.24) is 20.2 Å². The Morgan fingerprint density at radius 2 is 2.21 bits per heavy atom. The van der Waals surface area contributed by atoms with Gasteiger partial charge >= 0.3 is 0 Å². The van der Waals surface area contributed by atoms with Gasteiger partial charge in [-0.25, -0.2) is 4.68 Å². The van der Waals surface area contributed by atoms with Crippen molar-refractivity contribution < 1.29 is 8.94 Å². The number of aryl methyl sites for hydroxylation is 1. The lowest BCUT2D eigenvalue weighted by Gasteiger charge is -1.93. The lowest BCUT2D eigenvalue weighted by Crippen LogP contribution is -2.00. The SMILES string of the molecule is ClCCc1cn(Cc2cc(-c3ccco3)on2)nn1. The first kappa shape index (κ1) is 12.0. The first-order valence-electron chi connectivity index (χ1n) is 5.79. The number of rotatable bonds is 5. The molecule has 3 heterocycles. The lowest BCUT2D eigenvalue weighted by molar-refractivity contribution is 0.407. The summed E-state index contributed by atoms with van der Waals surface area (Å²) in [6.07, 6.45) is 4.15. The van der Waals surface area contributed by atoms with Gasteiger partial charge in [0.05, 0.1) is 18.5 Å². The van der Waals surface area contributed by atoms with Crippen LogP contribution in [0.2, 0.25) is 0 Å². The van der Waals surface area contributed by atoms with E-state index in [4.69, 9.17) is 20.5 Å². The number of furan rings is 1. The Kier molecular flexibility index (Phi) is 3.33.